The third kappa shape index (κ3) is 4.89. The molecule has 94 valence electrons. The van der Waals surface area contributed by atoms with Crippen LogP contribution in [0, 0.1) is 0 Å². The highest BCUT2D eigenvalue weighted by atomic mass is 32.2. The number of ether oxygens (including phenoxy) is 1. The molecule has 2 unspecified atom stereocenters. The van der Waals surface area contributed by atoms with Crippen LogP contribution in [0.2, 0.25) is 0 Å². The summed E-state index contributed by atoms with van der Waals surface area (Å²) in [4.78, 5) is 2.29. The Hall–Kier alpha value is 0. The maximum Gasteiger partial charge on any atom is 0.169 e. The van der Waals surface area contributed by atoms with Crippen molar-refractivity contribution in [3.63, 3.8) is 0 Å². The minimum atomic E-state index is 0.669. The molecule has 0 aromatic carbocycles. The molecule has 1 heterocycles. The van der Waals surface area contributed by atoms with Crippen LogP contribution in [0.1, 0.15) is 20.3 Å². The highest BCUT2D eigenvalue weighted by Crippen LogP contribution is 2.24. The first-order valence-electron chi connectivity index (χ1n) is 5.80. The number of hydrogen-bond donors (Lipinski definition) is 1. The van der Waals surface area contributed by atoms with Crippen molar-refractivity contribution >= 4 is 29.1 Å². The smallest absolute Gasteiger partial charge is 0.169 e. The van der Waals surface area contributed by atoms with Gasteiger partial charge < -0.3 is 15.0 Å². The number of methoxy groups -OCH3 is 1. The third-order valence-electron chi connectivity index (χ3n) is 2.51. The van der Waals surface area contributed by atoms with E-state index in [0.717, 1.165) is 37.8 Å². The number of rotatable bonds is 4. The van der Waals surface area contributed by atoms with Crippen LogP contribution in [-0.4, -0.2) is 53.9 Å². The van der Waals surface area contributed by atoms with Gasteiger partial charge in [0.05, 0.1) is 0 Å². The van der Waals surface area contributed by atoms with Crippen LogP contribution in [0.5, 0.6) is 0 Å². The van der Waals surface area contributed by atoms with Crippen molar-refractivity contribution in [1.29, 1.82) is 0 Å². The molecule has 0 aliphatic carbocycles. The van der Waals surface area contributed by atoms with Crippen molar-refractivity contribution in [3.05, 3.63) is 0 Å². The van der Waals surface area contributed by atoms with Gasteiger partial charge in [-0.05, 0) is 18.6 Å². The molecule has 1 rings (SSSR count). The van der Waals surface area contributed by atoms with E-state index >= 15 is 0 Å². The van der Waals surface area contributed by atoms with Crippen LogP contribution < -0.4 is 5.32 Å². The summed E-state index contributed by atoms with van der Waals surface area (Å²) in [6.45, 7) is 8.34. The van der Waals surface area contributed by atoms with Gasteiger partial charge in [0.15, 0.2) is 5.11 Å². The Balaban J connectivity index is 2.24. The van der Waals surface area contributed by atoms with Gasteiger partial charge in [0, 0.05) is 43.9 Å². The van der Waals surface area contributed by atoms with Gasteiger partial charge in [-0.2, -0.15) is 11.8 Å². The molecular weight excluding hydrogens is 240 g/mol. The van der Waals surface area contributed by atoms with Gasteiger partial charge in [-0.25, -0.2) is 0 Å². The highest BCUT2D eigenvalue weighted by Gasteiger charge is 2.23. The molecule has 5 heteroatoms. The minimum absolute atomic E-state index is 0.669. The molecule has 1 fully saturated rings. The van der Waals surface area contributed by atoms with Crippen LogP contribution in [-0.2, 0) is 4.74 Å². The summed E-state index contributed by atoms with van der Waals surface area (Å²) in [5, 5.41) is 5.53. The lowest BCUT2D eigenvalue weighted by Crippen LogP contribution is -2.48. The van der Waals surface area contributed by atoms with Gasteiger partial charge in [0.1, 0.15) is 0 Å². The molecule has 1 aliphatic rings. The largest absolute Gasteiger partial charge is 0.385 e. The molecule has 16 heavy (non-hydrogen) atoms. The molecule has 1 N–H and O–H groups in total. The Bertz CT molecular complexity index is 216. The van der Waals surface area contributed by atoms with Crippen LogP contribution in [0.4, 0.5) is 0 Å². The van der Waals surface area contributed by atoms with Crippen molar-refractivity contribution in [2.45, 2.75) is 30.8 Å². The fraction of sp³-hybridized carbons (Fsp3) is 0.909. The van der Waals surface area contributed by atoms with E-state index in [4.69, 9.17) is 17.0 Å². The molecule has 1 saturated heterocycles. The summed E-state index contributed by atoms with van der Waals surface area (Å²) in [5.74, 6) is 0. The van der Waals surface area contributed by atoms with Gasteiger partial charge in [0.2, 0.25) is 0 Å². The predicted octanol–water partition coefficient (Wildman–Crippen LogP) is 1.72. The van der Waals surface area contributed by atoms with Crippen LogP contribution in [0.15, 0.2) is 0 Å². The van der Waals surface area contributed by atoms with Crippen molar-refractivity contribution < 1.29 is 4.74 Å². The normalized spacial score (nSPS) is 25.6. The van der Waals surface area contributed by atoms with E-state index in [-0.39, 0.29) is 0 Å². The molecule has 2 atom stereocenters. The first-order chi connectivity index (χ1) is 7.63. The summed E-state index contributed by atoms with van der Waals surface area (Å²) in [5.41, 5.74) is 0. The first kappa shape index (κ1) is 14.1. The number of nitrogens with zero attached hydrogens (tertiary/aromatic N) is 1. The lowest BCUT2D eigenvalue weighted by atomic mass is 10.3. The number of thioether (sulfide) groups is 1. The molecule has 0 saturated carbocycles. The molecular formula is C11H22N2OS2. The zero-order valence-corrected chi connectivity index (χ0v) is 12.0. The van der Waals surface area contributed by atoms with E-state index < -0.39 is 0 Å². The zero-order chi connectivity index (χ0) is 12.0. The van der Waals surface area contributed by atoms with Crippen molar-refractivity contribution in [2.24, 2.45) is 0 Å². The van der Waals surface area contributed by atoms with Gasteiger partial charge in [-0.15, -0.1) is 0 Å². The standard InChI is InChI=1S/C11H22N2OS2/c1-9-7-13(8-10(2)16-9)11(15)12-5-4-6-14-3/h9-10H,4-8H2,1-3H3,(H,12,15). The zero-order valence-electron chi connectivity index (χ0n) is 10.4. The lowest BCUT2D eigenvalue weighted by molar-refractivity contribution is 0.195. The van der Waals surface area contributed by atoms with E-state index in [9.17, 15) is 0 Å². The van der Waals surface area contributed by atoms with E-state index in [1.54, 1.807) is 7.11 Å². The van der Waals surface area contributed by atoms with Gasteiger partial charge in [-0.3, -0.25) is 0 Å². The Morgan fingerprint density at radius 3 is 2.62 bits per heavy atom. The van der Waals surface area contributed by atoms with E-state index in [1.807, 2.05) is 11.8 Å². The average molecular weight is 262 g/mol. The summed E-state index contributed by atoms with van der Waals surface area (Å²) < 4.78 is 5.00. The summed E-state index contributed by atoms with van der Waals surface area (Å²) in [7, 11) is 1.73. The molecule has 3 nitrogen and oxygen atoms in total. The Morgan fingerprint density at radius 2 is 2.06 bits per heavy atom. The van der Waals surface area contributed by atoms with E-state index in [2.05, 4.69) is 24.1 Å². The molecule has 0 aromatic heterocycles. The molecule has 0 bridgehead atoms. The second-order valence-electron chi connectivity index (χ2n) is 4.24. The first-order valence-corrected chi connectivity index (χ1v) is 7.15. The Labute approximate surface area is 108 Å². The number of thiocarbonyl (C=S) groups is 1. The van der Waals surface area contributed by atoms with Crippen molar-refractivity contribution in [1.82, 2.24) is 10.2 Å². The summed E-state index contributed by atoms with van der Waals surface area (Å²) in [6, 6.07) is 0. The fourth-order valence-electron chi connectivity index (χ4n) is 1.87. The maximum atomic E-state index is 5.39. The Kier molecular flexibility index (Phi) is 6.46. The van der Waals surface area contributed by atoms with E-state index in [1.165, 1.54) is 0 Å². The van der Waals surface area contributed by atoms with E-state index in [0.29, 0.717) is 10.5 Å². The molecule has 0 radical (unpaired) electrons. The fourth-order valence-corrected chi connectivity index (χ4v) is 3.44. The van der Waals surface area contributed by atoms with Crippen LogP contribution in [0.25, 0.3) is 0 Å². The third-order valence-corrected chi connectivity index (χ3v) is 4.14. The maximum absolute atomic E-state index is 5.39. The van der Waals surface area contributed by atoms with Gasteiger partial charge in [0.25, 0.3) is 0 Å². The second kappa shape index (κ2) is 7.35. The van der Waals surface area contributed by atoms with Gasteiger partial charge in [-0.1, -0.05) is 13.8 Å². The molecule has 0 spiro atoms. The molecule has 0 amide bonds. The van der Waals surface area contributed by atoms with Crippen LogP contribution >= 0.6 is 24.0 Å². The minimum Gasteiger partial charge on any atom is -0.385 e. The predicted molar refractivity (Wildman–Crippen MR) is 75.2 cm³/mol. The van der Waals surface area contributed by atoms with Gasteiger partial charge >= 0.3 is 0 Å². The average Bonchev–Trinajstić information content (AvgIpc) is 2.22. The number of hydrogen-bond acceptors (Lipinski definition) is 3. The second-order valence-corrected chi connectivity index (χ2v) is 6.51. The van der Waals surface area contributed by atoms with Crippen LogP contribution in [0.3, 0.4) is 0 Å². The highest BCUT2D eigenvalue weighted by molar-refractivity contribution is 8.00. The Morgan fingerprint density at radius 1 is 1.44 bits per heavy atom. The quantitative estimate of drug-likeness (QED) is 0.614. The summed E-state index contributed by atoms with van der Waals surface area (Å²) in [6.07, 6.45) is 1.00. The van der Waals surface area contributed by atoms with Crippen molar-refractivity contribution in [2.75, 3.05) is 33.4 Å². The molecule has 0 aromatic rings. The lowest BCUT2D eigenvalue weighted by Gasteiger charge is -2.36. The monoisotopic (exact) mass is 262 g/mol. The number of nitrogens with one attached hydrogen (secondary N) is 1. The molecule has 1 aliphatic heterocycles. The van der Waals surface area contributed by atoms with Crippen molar-refractivity contribution in [3.8, 4) is 0 Å². The summed E-state index contributed by atoms with van der Waals surface area (Å²) >= 11 is 7.44. The topological polar surface area (TPSA) is 24.5 Å². The SMILES string of the molecule is COCCCNC(=S)N1CC(C)SC(C)C1.